The van der Waals surface area contributed by atoms with Gasteiger partial charge in [0, 0.05) is 44.6 Å². The molecule has 0 aromatic heterocycles. The summed E-state index contributed by atoms with van der Waals surface area (Å²) >= 11 is 0. The number of methoxy groups -OCH3 is 1. The first-order valence-electron chi connectivity index (χ1n) is 13.3. The van der Waals surface area contributed by atoms with Crippen LogP contribution in [0.2, 0.25) is 0 Å². The van der Waals surface area contributed by atoms with Gasteiger partial charge in [0.2, 0.25) is 5.91 Å². The molecule has 5 rings (SSSR count). The summed E-state index contributed by atoms with van der Waals surface area (Å²) in [4.78, 5) is 27.4. The summed E-state index contributed by atoms with van der Waals surface area (Å²) in [5.41, 5.74) is -4.21. The van der Waals surface area contributed by atoms with Crippen LogP contribution in [0.3, 0.4) is 0 Å². The number of carbonyl (C=O) groups excluding carboxylic acids is 2. The van der Waals surface area contributed by atoms with E-state index in [2.05, 4.69) is 5.32 Å². The number of hydrogen-bond donors (Lipinski definition) is 2. The smallest absolute Gasteiger partial charge is 0.430 e. The number of carbonyl (C=O) groups is 2. The van der Waals surface area contributed by atoms with Gasteiger partial charge in [-0.25, -0.2) is 0 Å². The first kappa shape index (κ1) is 28.4. The number of nitrogens with zero attached hydrogens (tertiary/aromatic N) is 1. The minimum atomic E-state index is -4.99. The van der Waals surface area contributed by atoms with Gasteiger partial charge in [-0.15, -0.1) is 0 Å². The first-order valence-corrected chi connectivity index (χ1v) is 13.3. The van der Waals surface area contributed by atoms with Crippen LogP contribution >= 0.6 is 0 Å². The number of likely N-dealkylation sites (tertiary alicyclic amines) is 1. The van der Waals surface area contributed by atoms with Crippen LogP contribution in [0.1, 0.15) is 36.3 Å². The lowest BCUT2D eigenvalue weighted by molar-refractivity contribution is -0.271. The molecule has 216 valence electrons. The van der Waals surface area contributed by atoms with E-state index < -0.39 is 28.7 Å². The molecule has 8 nitrogen and oxygen atoms in total. The Morgan fingerprint density at radius 1 is 1.10 bits per heavy atom. The highest BCUT2D eigenvalue weighted by molar-refractivity contribution is 5.88. The number of halogens is 3. The van der Waals surface area contributed by atoms with Gasteiger partial charge in [-0.3, -0.25) is 9.59 Å². The average molecular weight is 563 g/mol. The lowest BCUT2D eigenvalue weighted by atomic mass is 9.62. The number of aliphatic hydroxyl groups is 1. The van der Waals surface area contributed by atoms with Crippen LogP contribution in [0.5, 0.6) is 5.75 Å². The van der Waals surface area contributed by atoms with Crippen molar-refractivity contribution in [3.63, 3.8) is 0 Å². The van der Waals surface area contributed by atoms with Gasteiger partial charge in [0.15, 0.2) is 0 Å². The Bertz CT molecular complexity index is 1230. The zero-order valence-electron chi connectivity index (χ0n) is 22.2. The van der Waals surface area contributed by atoms with Gasteiger partial charge in [-0.05, 0) is 29.9 Å². The van der Waals surface area contributed by atoms with Gasteiger partial charge in [0.1, 0.15) is 18.0 Å². The summed E-state index contributed by atoms with van der Waals surface area (Å²) in [5.74, 6) is -0.933. The lowest BCUT2D eigenvalue weighted by Crippen LogP contribution is -2.60. The maximum atomic E-state index is 14.5. The zero-order chi connectivity index (χ0) is 28.6. The second kappa shape index (κ2) is 10.7. The van der Waals surface area contributed by atoms with Crippen molar-refractivity contribution >= 4 is 11.8 Å². The number of rotatable bonds is 7. The number of ether oxygens (including phenoxy) is 3. The molecule has 1 spiro atoms. The van der Waals surface area contributed by atoms with Gasteiger partial charge < -0.3 is 29.5 Å². The van der Waals surface area contributed by atoms with Crippen molar-refractivity contribution in [1.29, 1.82) is 0 Å². The predicted octanol–water partition coefficient (Wildman–Crippen LogP) is 3.14. The van der Waals surface area contributed by atoms with Gasteiger partial charge >= 0.3 is 6.18 Å². The maximum Gasteiger partial charge on any atom is 0.430 e. The molecule has 0 radical (unpaired) electrons. The third-order valence-corrected chi connectivity index (χ3v) is 8.52. The summed E-state index contributed by atoms with van der Waals surface area (Å²) in [5, 5.41) is 13.3. The summed E-state index contributed by atoms with van der Waals surface area (Å²) in [7, 11) is 0.897. The molecule has 3 saturated heterocycles. The minimum Gasteiger partial charge on any atom is -0.490 e. The number of nitrogens with one attached hydrogen (secondary N) is 1. The molecule has 0 saturated carbocycles. The zero-order valence-corrected chi connectivity index (χ0v) is 22.2. The predicted molar refractivity (Wildman–Crippen MR) is 138 cm³/mol. The van der Waals surface area contributed by atoms with Gasteiger partial charge in [-0.1, -0.05) is 48.5 Å². The highest BCUT2D eigenvalue weighted by atomic mass is 19.4. The average Bonchev–Trinajstić information content (AvgIpc) is 2.92. The Morgan fingerprint density at radius 3 is 2.35 bits per heavy atom. The Kier molecular flexibility index (Phi) is 7.58. The van der Waals surface area contributed by atoms with Gasteiger partial charge in [0.05, 0.1) is 13.2 Å². The van der Waals surface area contributed by atoms with Crippen molar-refractivity contribution in [1.82, 2.24) is 10.2 Å². The van der Waals surface area contributed by atoms with E-state index in [1.807, 2.05) is 18.2 Å². The van der Waals surface area contributed by atoms with Crippen LogP contribution in [0, 0.1) is 5.41 Å². The summed E-state index contributed by atoms with van der Waals surface area (Å²) in [6, 6.07) is 14.3. The first-order chi connectivity index (χ1) is 19.0. The number of para-hydroxylation sites is 1. The second-order valence-corrected chi connectivity index (χ2v) is 11.0. The third-order valence-electron chi connectivity index (χ3n) is 8.52. The Hall–Kier alpha value is -3.15. The molecule has 0 bridgehead atoms. The molecule has 2 N–H and O–H groups in total. The highest BCUT2D eigenvalue weighted by Crippen LogP contribution is 2.52. The van der Waals surface area contributed by atoms with Crippen LogP contribution in [0.15, 0.2) is 54.6 Å². The van der Waals surface area contributed by atoms with Crippen molar-refractivity contribution in [2.24, 2.45) is 5.41 Å². The van der Waals surface area contributed by atoms with Crippen LogP contribution in [-0.2, 0) is 24.7 Å². The standard InChI is InChI=1S/C29H33F3N2O6/c1-38-28(29(30,31)32,20-7-3-2-4-8-20)25(36)34-13-11-26(12-14-34)15-24(35)33-16-22(26)21-9-5-6-10-23(21)40-19-27(37)17-39-18-27/h2-10,22,37H,11-19H2,1H3,(H,33,35)/t22?,28-/m1/s1. The fourth-order valence-corrected chi connectivity index (χ4v) is 6.22. The fraction of sp³-hybridized carbons (Fsp3) is 0.517. The van der Waals surface area contributed by atoms with E-state index in [0.717, 1.165) is 12.7 Å². The maximum absolute atomic E-state index is 14.5. The minimum absolute atomic E-state index is 0.0384. The summed E-state index contributed by atoms with van der Waals surface area (Å²) in [6.07, 6.45) is -4.15. The Balaban J connectivity index is 1.40. The topological polar surface area (TPSA) is 97.3 Å². The Morgan fingerprint density at radius 2 is 1.75 bits per heavy atom. The molecular weight excluding hydrogens is 529 g/mol. The molecule has 2 aromatic rings. The largest absolute Gasteiger partial charge is 0.490 e. The molecular formula is C29H33F3N2O6. The van der Waals surface area contributed by atoms with E-state index in [4.69, 9.17) is 14.2 Å². The molecule has 2 aromatic carbocycles. The Labute approximate surface area is 230 Å². The molecule has 3 aliphatic rings. The number of benzene rings is 2. The van der Waals surface area contributed by atoms with Crippen molar-refractivity contribution in [3.8, 4) is 5.75 Å². The number of amides is 2. The summed E-state index contributed by atoms with van der Waals surface area (Å²) < 4.78 is 59.7. The van der Waals surface area contributed by atoms with Crippen molar-refractivity contribution in [2.45, 2.75) is 42.6 Å². The molecule has 1 unspecified atom stereocenters. The molecule has 3 heterocycles. The van der Waals surface area contributed by atoms with Crippen molar-refractivity contribution in [3.05, 3.63) is 65.7 Å². The van der Waals surface area contributed by atoms with Crippen molar-refractivity contribution < 1.29 is 42.1 Å². The number of alkyl halides is 3. The fourth-order valence-electron chi connectivity index (χ4n) is 6.22. The van der Waals surface area contributed by atoms with Gasteiger partial charge in [0.25, 0.3) is 11.5 Å². The monoisotopic (exact) mass is 562 g/mol. The third kappa shape index (κ3) is 4.95. The van der Waals surface area contributed by atoms with Crippen LogP contribution in [0.25, 0.3) is 0 Å². The second-order valence-electron chi connectivity index (χ2n) is 11.0. The molecule has 3 fully saturated rings. The number of piperidine rings is 2. The SMILES string of the molecule is CO[C@@](C(=O)N1CCC2(CC1)CC(=O)NCC2c1ccccc1OCC1(O)COC1)(c1ccccc1)C(F)(F)F. The van der Waals surface area contributed by atoms with E-state index in [0.29, 0.717) is 25.1 Å². The van der Waals surface area contributed by atoms with E-state index >= 15 is 0 Å². The lowest BCUT2D eigenvalue weighted by Gasteiger charge is -2.50. The number of hydrogen-bond acceptors (Lipinski definition) is 6. The normalized spacial score (nSPS) is 23.6. The van der Waals surface area contributed by atoms with Gasteiger partial charge in [-0.2, -0.15) is 13.2 Å². The molecule has 11 heteroatoms. The van der Waals surface area contributed by atoms with Crippen molar-refractivity contribution in [2.75, 3.05) is 46.6 Å². The van der Waals surface area contributed by atoms with Crippen LogP contribution in [0.4, 0.5) is 13.2 Å². The molecule has 2 amide bonds. The highest BCUT2D eigenvalue weighted by Gasteiger charge is 2.64. The van der Waals surface area contributed by atoms with E-state index in [1.165, 1.54) is 29.2 Å². The van der Waals surface area contributed by atoms with E-state index in [1.54, 1.807) is 12.1 Å². The van der Waals surface area contributed by atoms with E-state index in [-0.39, 0.29) is 56.7 Å². The van der Waals surface area contributed by atoms with Crippen LogP contribution in [-0.4, -0.2) is 80.2 Å². The molecule has 3 aliphatic heterocycles. The molecule has 40 heavy (non-hydrogen) atoms. The molecule has 2 atom stereocenters. The quantitative estimate of drug-likeness (QED) is 0.539. The van der Waals surface area contributed by atoms with Crippen LogP contribution < -0.4 is 10.1 Å². The molecule has 0 aliphatic carbocycles. The summed E-state index contributed by atoms with van der Waals surface area (Å²) in [6.45, 7) is 0.829. The van der Waals surface area contributed by atoms with E-state index in [9.17, 15) is 27.9 Å².